The number of hydrogen-bond donors (Lipinski definition) is 2. The second kappa shape index (κ2) is 4.39. The zero-order chi connectivity index (χ0) is 13.4. The number of halogens is 2. The van der Waals surface area contributed by atoms with Gasteiger partial charge >= 0.3 is 0 Å². The molecule has 2 rings (SSSR count). The third-order valence-electron chi connectivity index (χ3n) is 3.46. The summed E-state index contributed by atoms with van der Waals surface area (Å²) in [5, 5.41) is 9.59. The summed E-state index contributed by atoms with van der Waals surface area (Å²) in [6.45, 7) is 2.37. The fourth-order valence-corrected chi connectivity index (χ4v) is 2.52. The molecule has 5 heteroatoms. The summed E-state index contributed by atoms with van der Waals surface area (Å²) in [5.41, 5.74) is 5.66. The minimum atomic E-state index is -2.64. The lowest BCUT2D eigenvalue weighted by atomic mass is 9.62. The van der Waals surface area contributed by atoms with Crippen LogP contribution in [-0.4, -0.2) is 24.2 Å². The molecule has 1 aliphatic carbocycles. The van der Waals surface area contributed by atoms with Crippen LogP contribution < -0.4 is 10.5 Å². The van der Waals surface area contributed by atoms with Gasteiger partial charge in [-0.05, 0) is 24.6 Å². The van der Waals surface area contributed by atoms with Crippen molar-refractivity contribution in [2.45, 2.75) is 31.1 Å². The van der Waals surface area contributed by atoms with Crippen LogP contribution in [0.15, 0.2) is 18.2 Å². The zero-order valence-electron chi connectivity index (χ0n) is 10.2. The van der Waals surface area contributed by atoms with Crippen LogP contribution >= 0.6 is 0 Å². The Labute approximate surface area is 105 Å². The van der Waals surface area contributed by atoms with Crippen LogP contribution in [-0.2, 0) is 5.41 Å². The number of hydrogen-bond acceptors (Lipinski definition) is 3. The Bertz CT molecular complexity index is 441. The largest absolute Gasteiger partial charge is 0.504 e. The van der Waals surface area contributed by atoms with E-state index in [-0.39, 0.29) is 25.1 Å². The van der Waals surface area contributed by atoms with Crippen LogP contribution in [0.3, 0.4) is 0 Å². The van der Waals surface area contributed by atoms with E-state index < -0.39 is 11.3 Å². The van der Waals surface area contributed by atoms with Crippen molar-refractivity contribution in [3.8, 4) is 11.5 Å². The monoisotopic (exact) mass is 257 g/mol. The zero-order valence-corrected chi connectivity index (χ0v) is 10.2. The first kappa shape index (κ1) is 13.1. The van der Waals surface area contributed by atoms with Crippen molar-refractivity contribution in [2.75, 3.05) is 13.2 Å². The molecule has 0 atom stereocenters. The van der Waals surface area contributed by atoms with Gasteiger partial charge in [-0.25, -0.2) is 8.78 Å². The van der Waals surface area contributed by atoms with Gasteiger partial charge in [-0.1, -0.05) is 6.07 Å². The van der Waals surface area contributed by atoms with E-state index in [1.165, 1.54) is 6.07 Å². The molecule has 0 bridgehead atoms. The number of ether oxygens (including phenoxy) is 1. The first-order chi connectivity index (χ1) is 8.42. The molecule has 1 fully saturated rings. The van der Waals surface area contributed by atoms with E-state index >= 15 is 0 Å². The molecular weight excluding hydrogens is 240 g/mol. The Morgan fingerprint density at radius 1 is 1.39 bits per heavy atom. The molecule has 0 saturated heterocycles. The summed E-state index contributed by atoms with van der Waals surface area (Å²) in [6.07, 6.45) is -0.486. The molecule has 0 spiro atoms. The van der Waals surface area contributed by atoms with E-state index in [1.807, 2.05) is 0 Å². The number of aromatic hydroxyl groups is 1. The number of phenols is 1. The highest BCUT2D eigenvalue weighted by molar-refractivity contribution is 5.45. The molecule has 18 heavy (non-hydrogen) atoms. The third kappa shape index (κ3) is 2.14. The molecule has 0 unspecified atom stereocenters. The number of benzene rings is 1. The van der Waals surface area contributed by atoms with Gasteiger partial charge in [0.2, 0.25) is 5.92 Å². The highest BCUT2D eigenvalue weighted by Crippen LogP contribution is 2.53. The molecule has 1 aromatic carbocycles. The van der Waals surface area contributed by atoms with Crippen molar-refractivity contribution in [3.63, 3.8) is 0 Å². The number of nitrogens with two attached hydrogens (primary N) is 1. The quantitative estimate of drug-likeness (QED) is 0.871. The van der Waals surface area contributed by atoms with Crippen molar-refractivity contribution >= 4 is 0 Å². The first-order valence-electron chi connectivity index (χ1n) is 5.97. The van der Waals surface area contributed by atoms with Crippen molar-refractivity contribution in [2.24, 2.45) is 5.73 Å². The minimum Gasteiger partial charge on any atom is -0.504 e. The van der Waals surface area contributed by atoms with E-state index in [9.17, 15) is 13.9 Å². The van der Waals surface area contributed by atoms with Gasteiger partial charge in [-0.2, -0.15) is 0 Å². The van der Waals surface area contributed by atoms with Gasteiger partial charge in [-0.3, -0.25) is 0 Å². The highest BCUT2D eigenvalue weighted by atomic mass is 19.3. The fraction of sp³-hybridized carbons (Fsp3) is 0.538. The van der Waals surface area contributed by atoms with E-state index in [4.69, 9.17) is 10.5 Å². The molecule has 3 N–H and O–H groups in total. The van der Waals surface area contributed by atoms with Gasteiger partial charge in [0.05, 0.1) is 6.61 Å². The number of alkyl halides is 2. The molecule has 0 aliphatic heterocycles. The minimum absolute atomic E-state index is 0.0128. The third-order valence-corrected chi connectivity index (χ3v) is 3.46. The van der Waals surface area contributed by atoms with Crippen LogP contribution in [0.2, 0.25) is 0 Å². The highest BCUT2D eigenvalue weighted by Gasteiger charge is 2.56. The van der Waals surface area contributed by atoms with Gasteiger partial charge in [0.25, 0.3) is 0 Å². The van der Waals surface area contributed by atoms with E-state index in [0.29, 0.717) is 17.9 Å². The van der Waals surface area contributed by atoms with Gasteiger partial charge in [0.15, 0.2) is 11.5 Å². The molecular formula is C13H17F2NO2. The average molecular weight is 257 g/mol. The van der Waals surface area contributed by atoms with Gasteiger partial charge in [-0.15, -0.1) is 0 Å². The molecule has 0 amide bonds. The van der Waals surface area contributed by atoms with E-state index in [0.717, 1.165) is 0 Å². The van der Waals surface area contributed by atoms with Crippen molar-refractivity contribution in [3.05, 3.63) is 23.8 Å². The molecule has 1 aliphatic rings. The number of phenolic OH excluding ortho intramolecular Hbond substituents is 1. The predicted molar refractivity (Wildman–Crippen MR) is 64.2 cm³/mol. The molecule has 0 heterocycles. The SMILES string of the molecule is CCOc1cc(C2(CN)CC(F)(F)C2)ccc1O. The van der Waals surface area contributed by atoms with E-state index in [2.05, 4.69) is 0 Å². The lowest BCUT2D eigenvalue weighted by Crippen LogP contribution is -2.53. The van der Waals surface area contributed by atoms with Crippen LogP contribution in [0.25, 0.3) is 0 Å². The smallest absolute Gasteiger partial charge is 0.250 e. The summed E-state index contributed by atoms with van der Waals surface area (Å²) < 4.78 is 31.5. The average Bonchev–Trinajstić information content (AvgIpc) is 2.28. The van der Waals surface area contributed by atoms with Gasteiger partial charge in [0.1, 0.15) is 0 Å². The predicted octanol–water partition coefficient (Wildman–Crippen LogP) is 2.42. The van der Waals surface area contributed by atoms with Crippen molar-refractivity contribution in [1.29, 1.82) is 0 Å². The Morgan fingerprint density at radius 2 is 2.06 bits per heavy atom. The fourth-order valence-electron chi connectivity index (χ4n) is 2.52. The summed E-state index contributed by atoms with van der Waals surface area (Å²) >= 11 is 0. The molecule has 100 valence electrons. The first-order valence-corrected chi connectivity index (χ1v) is 5.97. The van der Waals surface area contributed by atoms with Crippen LogP contribution in [0.5, 0.6) is 11.5 Å². The lowest BCUT2D eigenvalue weighted by Gasteiger charge is -2.47. The molecule has 1 aromatic rings. The Kier molecular flexibility index (Phi) is 3.19. The standard InChI is InChI=1S/C13H17F2NO2/c1-2-18-11-5-9(3-4-10(11)17)12(8-16)6-13(14,15)7-12/h3-5,17H,2,6-8,16H2,1H3. The topological polar surface area (TPSA) is 55.5 Å². The van der Waals surface area contributed by atoms with Crippen LogP contribution in [0.1, 0.15) is 25.3 Å². The Balaban J connectivity index is 2.30. The van der Waals surface area contributed by atoms with Crippen LogP contribution in [0, 0.1) is 0 Å². The van der Waals surface area contributed by atoms with Crippen molar-refractivity contribution in [1.82, 2.24) is 0 Å². The van der Waals surface area contributed by atoms with E-state index in [1.54, 1.807) is 19.1 Å². The maximum atomic E-state index is 13.1. The Morgan fingerprint density at radius 3 is 2.56 bits per heavy atom. The molecule has 0 radical (unpaired) electrons. The summed E-state index contributed by atoms with van der Waals surface area (Å²) in [4.78, 5) is 0. The summed E-state index contributed by atoms with van der Waals surface area (Å²) in [7, 11) is 0. The van der Waals surface area contributed by atoms with Crippen molar-refractivity contribution < 1.29 is 18.6 Å². The van der Waals surface area contributed by atoms with Gasteiger partial charge < -0.3 is 15.6 Å². The molecule has 3 nitrogen and oxygen atoms in total. The maximum Gasteiger partial charge on any atom is 0.250 e. The normalized spacial score (nSPS) is 20.2. The second-order valence-electron chi connectivity index (χ2n) is 4.81. The molecule has 0 aromatic heterocycles. The summed E-state index contributed by atoms with van der Waals surface area (Å²) in [6, 6.07) is 4.72. The number of rotatable bonds is 4. The van der Waals surface area contributed by atoms with Crippen LogP contribution in [0.4, 0.5) is 8.78 Å². The lowest BCUT2D eigenvalue weighted by molar-refractivity contribution is -0.123. The Hall–Kier alpha value is -1.36. The second-order valence-corrected chi connectivity index (χ2v) is 4.81. The summed E-state index contributed by atoms with van der Waals surface area (Å²) in [5.74, 6) is -2.31. The van der Waals surface area contributed by atoms with Gasteiger partial charge in [0, 0.05) is 24.8 Å². The molecule has 1 saturated carbocycles. The maximum absolute atomic E-state index is 13.1.